The molecule has 0 saturated carbocycles. The molecule has 1 aliphatic heterocycles. The summed E-state index contributed by atoms with van der Waals surface area (Å²) in [7, 11) is 1.64. The first-order valence-corrected chi connectivity index (χ1v) is 4.20. The Hall–Kier alpha value is -0.220. The predicted octanol–water partition coefficient (Wildman–Crippen LogP) is 0.164. The van der Waals surface area contributed by atoms with Crippen LogP contribution in [0.4, 0.5) is 0 Å². The minimum Gasteiger partial charge on any atom is -0.383 e. The molecule has 3 nitrogen and oxygen atoms in total. The van der Waals surface area contributed by atoms with Gasteiger partial charge < -0.3 is 9.64 Å². The topological polar surface area (TPSA) is 29.5 Å². The molecule has 64 valence electrons. The number of likely N-dealkylation sites (tertiary alicyclic amines) is 1. The molecule has 1 amide bonds. The van der Waals surface area contributed by atoms with Crippen molar-refractivity contribution < 1.29 is 9.53 Å². The van der Waals surface area contributed by atoms with E-state index in [2.05, 4.69) is 12.6 Å². The van der Waals surface area contributed by atoms with E-state index in [1.165, 1.54) is 0 Å². The fraction of sp³-hybridized carbons (Fsp3) is 0.857. The highest BCUT2D eigenvalue weighted by atomic mass is 32.1. The van der Waals surface area contributed by atoms with Gasteiger partial charge in [-0.2, -0.15) is 12.6 Å². The van der Waals surface area contributed by atoms with Crippen molar-refractivity contribution in [3.05, 3.63) is 0 Å². The van der Waals surface area contributed by atoms with Crippen molar-refractivity contribution in [2.24, 2.45) is 0 Å². The highest BCUT2D eigenvalue weighted by Crippen LogP contribution is 2.14. The third-order valence-electron chi connectivity index (χ3n) is 1.76. The lowest BCUT2D eigenvalue weighted by Gasteiger charge is -2.14. The number of hydrogen-bond donors (Lipinski definition) is 1. The van der Waals surface area contributed by atoms with Crippen molar-refractivity contribution in [2.75, 3.05) is 26.8 Å². The number of carbonyl (C=O) groups excluding carboxylic acids is 1. The summed E-state index contributed by atoms with van der Waals surface area (Å²) in [6.45, 7) is 2.09. The zero-order valence-corrected chi connectivity index (χ0v) is 7.51. The second-order valence-electron chi connectivity index (χ2n) is 2.69. The fourth-order valence-corrected chi connectivity index (χ4v) is 1.52. The third kappa shape index (κ3) is 2.38. The highest BCUT2D eigenvalue weighted by molar-refractivity contribution is 7.81. The van der Waals surface area contributed by atoms with Gasteiger partial charge in [-0.15, -0.1) is 0 Å². The highest BCUT2D eigenvalue weighted by Gasteiger charge is 2.26. The number of methoxy groups -OCH3 is 1. The minimum atomic E-state index is 0.196. The van der Waals surface area contributed by atoms with Crippen LogP contribution in [0.25, 0.3) is 0 Å². The number of hydrogen-bond acceptors (Lipinski definition) is 3. The van der Waals surface area contributed by atoms with E-state index in [0.29, 0.717) is 19.6 Å². The van der Waals surface area contributed by atoms with Crippen molar-refractivity contribution >= 4 is 18.5 Å². The zero-order valence-electron chi connectivity index (χ0n) is 6.62. The van der Waals surface area contributed by atoms with E-state index in [-0.39, 0.29) is 11.2 Å². The van der Waals surface area contributed by atoms with Crippen LogP contribution in [0.5, 0.6) is 0 Å². The van der Waals surface area contributed by atoms with E-state index in [9.17, 15) is 4.79 Å². The summed E-state index contributed by atoms with van der Waals surface area (Å²) in [5.74, 6) is 0.196. The molecule has 1 rings (SSSR count). The molecule has 0 aliphatic carbocycles. The van der Waals surface area contributed by atoms with Gasteiger partial charge in [0, 0.05) is 31.9 Å². The van der Waals surface area contributed by atoms with Gasteiger partial charge in [0.25, 0.3) is 0 Å². The molecule has 1 heterocycles. The Balaban J connectivity index is 2.29. The molecular weight excluding hydrogens is 162 g/mol. The standard InChI is InChI=1S/C7H13NO2S/c1-10-3-2-8-5-6(11)4-7(8)9/h6,11H,2-5H2,1H3. The Labute approximate surface area is 72.1 Å². The first-order valence-electron chi connectivity index (χ1n) is 3.69. The van der Waals surface area contributed by atoms with Gasteiger partial charge in [0.15, 0.2) is 0 Å². The predicted molar refractivity (Wildman–Crippen MR) is 45.8 cm³/mol. The van der Waals surface area contributed by atoms with Crippen LogP contribution in [0.1, 0.15) is 6.42 Å². The van der Waals surface area contributed by atoms with E-state index >= 15 is 0 Å². The summed E-state index contributed by atoms with van der Waals surface area (Å²) < 4.78 is 4.87. The Kier molecular flexibility index (Phi) is 3.20. The maximum atomic E-state index is 11.1. The molecule has 4 heteroatoms. The molecule has 0 aromatic carbocycles. The van der Waals surface area contributed by atoms with Crippen LogP contribution >= 0.6 is 12.6 Å². The van der Waals surface area contributed by atoms with Gasteiger partial charge in [-0.25, -0.2) is 0 Å². The number of amides is 1. The molecular formula is C7H13NO2S. The van der Waals surface area contributed by atoms with Crippen molar-refractivity contribution in [3.63, 3.8) is 0 Å². The van der Waals surface area contributed by atoms with Crippen LogP contribution < -0.4 is 0 Å². The van der Waals surface area contributed by atoms with Gasteiger partial charge >= 0.3 is 0 Å². The summed E-state index contributed by atoms with van der Waals surface area (Å²) in [5.41, 5.74) is 0. The maximum absolute atomic E-state index is 11.1. The van der Waals surface area contributed by atoms with Crippen LogP contribution in [0.3, 0.4) is 0 Å². The Morgan fingerprint density at radius 3 is 3.00 bits per heavy atom. The van der Waals surface area contributed by atoms with Gasteiger partial charge in [0.1, 0.15) is 0 Å². The van der Waals surface area contributed by atoms with Crippen molar-refractivity contribution in [1.82, 2.24) is 4.90 Å². The van der Waals surface area contributed by atoms with Crippen LogP contribution in [0, 0.1) is 0 Å². The normalized spacial score (nSPS) is 24.7. The first-order chi connectivity index (χ1) is 5.24. The van der Waals surface area contributed by atoms with Crippen LogP contribution in [0.2, 0.25) is 0 Å². The molecule has 1 atom stereocenters. The summed E-state index contributed by atoms with van der Waals surface area (Å²) in [4.78, 5) is 12.9. The molecule has 1 aliphatic rings. The van der Waals surface area contributed by atoms with E-state index in [1.807, 2.05) is 0 Å². The Bertz CT molecular complexity index is 151. The minimum absolute atomic E-state index is 0.196. The average Bonchev–Trinajstić information content (AvgIpc) is 2.26. The SMILES string of the molecule is COCCN1CC(S)CC1=O. The summed E-state index contributed by atoms with van der Waals surface area (Å²) in [5, 5.41) is 0.222. The van der Waals surface area contributed by atoms with Gasteiger partial charge in [0.2, 0.25) is 5.91 Å². The van der Waals surface area contributed by atoms with E-state index in [0.717, 1.165) is 6.54 Å². The lowest BCUT2D eigenvalue weighted by Crippen LogP contribution is -2.28. The molecule has 1 fully saturated rings. The second kappa shape index (κ2) is 3.97. The molecule has 0 radical (unpaired) electrons. The van der Waals surface area contributed by atoms with Crippen LogP contribution in [0.15, 0.2) is 0 Å². The molecule has 11 heavy (non-hydrogen) atoms. The lowest BCUT2D eigenvalue weighted by molar-refractivity contribution is -0.128. The molecule has 0 aromatic heterocycles. The second-order valence-corrected chi connectivity index (χ2v) is 3.42. The van der Waals surface area contributed by atoms with Gasteiger partial charge in [-0.05, 0) is 0 Å². The largest absolute Gasteiger partial charge is 0.383 e. The zero-order chi connectivity index (χ0) is 8.27. The van der Waals surface area contributed by atoms with E-state index in [4.69, 9.17) is 4.74 Å². The third-order valence-corrected chi connectivity index (χ3v) is 2.11. The summed E-state index contributed by atoms with van der Waals surface area (Å²) in [6.07, 6.45) is 0.576. The van der Waals surface area contributed by atoms with E-state index < -0.39 is 0 Å². The van der Waals surface area contributed by atoms with E-state index in [1.54, 1.807) is 12.0 Å². The van der Waals surface area contributed by atoms with Gasteiger partial charge in [-0.1, -0.05) is 0 Å². The number of rotatable bonds is 3. The number of ether oxygens (including phenoxy) is 1. The number of thiol groups is 1. The quantitative estimate of drug-likeness (QED) is 0.619. The molecule has 0 aromatic rings. The monoisotopic (exact) mass is 175 g/mol. The van der Waals surface area contributed by atoms with Gasteiger partial charge in [0.05, 0.1) is 6.61 Å². The van der Waals surface area contributed by atoms with Crippen molar-refractivity contribution in [3.8, 4) is 0 Å². The molecule has 0 bridgehead atoms. The Morgan fingerprint density at radius 2 is 2.55 bits per heavy atom. The first kappa shape index (κ1) is 8.87. The Morgan fingerprint density at radius 1 is 1.82 bits per heavy atom. The molecule has 1 unspecified atom stereocenters. The summed E-state index contributed by atoms with van der Waals surface area (Å²) >= 11 is 4.23. The smallest absolute Gasteiger partial charge is 0.223 e. The molecule has 0 N–H and O–H groups in total. The number of nitrogens with zero attached hydrogens (tertiary/aromatic N) is 1. The van der Waals surface area contributed by atoms with Crippen LogP contribution in [-0.2, 0) is 9.53 Å². The van der Waals surface area contributed by atoms with Crippen LogP contribution in [-0.4, -0.2) is 42.9 Å². The number of carbonyl (C=O) groups is 1. The maximum Gasteiger partial charge on any atom is 0.223 e. The molecule has 0 spiro atoms. The fourth-order valence-electron chi connectivity index (χ4n) is 1.17. The van der Waals surface area contributed by atoms with Crippen molar-refractivity contribution in [1.29, 1.82) is 0 Å². The summed E-state index contributed by atoms with van der Waals surface area (Å²) in [6, 6.07) is 0. The van der Waals surface area contributed by atoms with Gasteiger partial charge in [-0.3, -0.25) is 4.79 Å². The lowest BCUT2D eigenvalue weighted by atomic mass is 10.4. The van der Waals surface area contributed by atoms with Crippen molar-refractivity contribution in [2.45, 2.75) is 11.7 Å². The molecule has 1 saturated heterocycles. The average molecular weight is 175 g/mol.